The van der Waals surface area contributed by atoms with E-state index in [0.717, 1.165) is 11.1 Å². The van der Waals surface area contributed by atoms with Gasteiger partial charge in [0.2, 0.25) is 11.8 Å². The third kappa shape index (κ3) is 4.73. The van der Waals surface area contributed by atoms with Crippen LogP contribution in [-0.2, 0) is 16.0 Å². The Bertz CT molecular complexity index is 908. The van der Waals surface area contributed by atoms with Crippen LogP contribution in [0.2, 0.25) is 10.0 Å². The van der Waals surface area contributed by atoms with E-state index in [1.165, 1.54) is 7.05 Å². The molecule has 154 valence electrons. The Morgan fingerprint density at radius 3 is 2.59 bits per heavy atom. The lowest BCUT2D eigenvalue weighted by molar-refractivity contribution is -0.129. The van der Waals surface area contributed by atoms with E-state index in [1.807, 2.05) is 18.2 Å². The molecular formula is C21H23Cl2N3O3. The quantitative estimate of drug-likeness (QED) is 0.650. The van der Waals surface area contributed by atoms with Gasteiger partial charge in [-0.15, -0.1) is 0 Å². The molecule has 0 bridgehead atoms. The van der Waals surface area contributed by atoms with Crippen LogP contribution < -0.4 is 10.6 Å². The maximum Gasteiger partial charge on any atom is 0.246 e. The van der Waals surface area contributed by atoms with E-state index in [4.69, 9.17) is 23.2 Å². The number of nitrogens with one attached hydrogen (secondary N) is 2. The first kappa shape index (κ1) is 21.6. The van der Waals surface area contributed by atoms with Gasteiger partial charge in [-0.2, -0.15) is 0 Å². The number of likely N-dealkylation sites (N-methyl/N-ethyl adjacent to an activating group) is 2. The Morgan fingerprint density at radius 1 is 1.24 bits per heavy atom. The average Bonchev–Trinajstić information content (AvgIpc) is 3.02. The number of aliphatic hydroxyl groups is 1. The fourth-order valence-corrected chi connectivity index (χ4v) is 4.37. The van der Waals surface area contributed by atoms with Gasteiger partial charge >= 0.3 is 0 Å². The van der Waals surface area contributed by atoms with E-state index < -0.39 is 18.2 Å². The summed E-state index contributed by atoms with van der Waals surface area (Å²) >= 11 is 12.4. The fraction of sp³-hybridized carbons (Fsp3) is 0.333. The Kier molecular flexibility index (Phi) is 6.80. The van der Waals surface area contributed by atoms with Crippen molar-refractivity contribution in [2.75, 3.05) is 20.6 Å². The molecule has 8 heteroatoms. The molecule has 0 fully saturated rings. The van der Waals surface area contributed by atoms with Gasteiger partial charge in [0.15, 0.2) is 0 Å². The molecule has 1 aliphatic rings. The molecule has 0 radical (unpaired) electrons. The maximum absolute atomic E-state index is 12.7. The van der Waals surface area contributed by atoms with Crippen LogP contribution in [0.3, 0.4) is 0 Å². The molecule has 0 heterocycles. The normalized spacial score (nSPS) is 19.0. The minimum Gasteiger partial charge on any atom is -0.391 e. The second-order valence-electron chi connectivity index (χ2n) is 7.11. The molecule has 0 saturated heterocycles. The number of rotatable bonds is 6. The van der Waals surface area contributed by atoms with E-state index in [-0.39, 0.29) is 18.4 Å². The molecule has 0 saturated carbocycles. The molecule has 3 rings (SSSR count). The minimum atomic E-state index is -0.799. The number of carbonyl (C=O) groups excluding carboxylic acids is 2. The number of aliphatic hydroxyl groups excluding tert-OH is 1. The summed E-state index contributed by atoms with van der Waals surface area (Å²) in [6, 6.07) is 11.2. The van der Waals surface area contributed by atoms with Gasteiger partial charge in [0.25, 0.3) is 0 Å². The molecule has 1 aliphatic carbocycles. The Hall–Kier alpha value is -2.12. The standard InChI is InChI=1S/C21H23Cl2N3O3/c1-24-21(29)19(12-6-4-3-5-7-12)25-18(28)11-26(2)20-15-8-13(22)9-16(23)14(15)10-17(20)27/h3-9,17,19-20,27H,10-11H2,1-2H3,(H,24,29)(H,25,28). The highest BCUT2D eigenvalue weighted by atomic mass is 35.5. The number of hydrogen-bond donors (Lipinski definition) is 3. The van der Waals surface area contributed by atoms with Gasteiger partial charge in [-0.1, -0.05) is 53.5 Å². The zero-order chi connectivity index (χ0) is 21.1. The molecule has 2 aromatic carbocycles. The summed E-state index contributed by atoms with van der Waals surface area (Å²) in [4.78, 5) is 26.7. The summed E-state index contributed by atoms with van der Waals surface area (Å²) in [6.07, 6.45) is -0.310. The number of benzene rings is 2. The number of fused-ring (bicyclic) bond motifs is 1. The topological polar surface area (TPSA) is 81.7 Å². The van der Waals surface area contributed by atoms with Crippen molar-refractivity contribution in [2.24, 2.45) is 0 Å². The number of halogens is 2. The van der Waals surface area contributed by atoms with Crippen molar-refractivity contribution in [3.63, 3.8) is 0 Å². The number of hydrogen-bond acceptors (Lipinski definition) is 4. The Labute approximate surface area is 179 Å². The SMILES string of the molecule is CNC(=O)C(NC(=O)CN(C)C1c2cc(Cl)cc(Cl)c2CC1O)c1ccccc1. The Morgan fingerprint density at radius 2 is 1.93 bits per heavy atom. The average molecular weight is 436 g/mol. The van der Waals surface area contributed by atoms with Crippen molar-refractivity contribution in [1.29, 1.82) is 0 Å². The zero-order valence-electron chi connectivity index (χ0n) is 16.2. The first-order valence-electron chi connectivity index (χ1n) is 9.23. The third-order valence-corrected chi connectivity index (χ3v) is 5.66. The second-order valence-corrected chi connectivity index (χ2v) is 7.96. The molecule has 6 nitrogen and oxygen atoms in total. The highest BCUT2D eigenvalue weighted by molar-refractivity contribution is 6.35. The van der Waals surface area contributed by atoms with Crippen LogP contribution in [0.5, 0.6) is 0 Å². The van der Waals surface area contributed by atoms with Crippen LogP contribution in [0.25, 0.3) is 0 Å². The molecule has 2 amide bonds. The maximum atomic E-state index is 12.7. The predicted octanol–water partition coefficient (Wildman–Crippen LogP) is 2.49. The van der Waals surface area contributed by atoms with E-state index in [0.29, 0.717) is 22.0 Å². The van der Waals surface area contributed by atoms with E-state index in [2.05, 4.69) is 10.6 Å². The van der Waals surface area contributed by atoms with Gasteiger partial charge in [0.1, 0.15) is 6.04 Å². The van der Waals surface area contributed by atoms with Gasteiger partial charge in [-0.3, -0.25) is 14.5 Å². The monoisotopic (exact) mass is 435 g/mol. The van der Waals surface area contributed by atoms with Gasteiger partial charge in [0, 0.05) is 23.5 Å². The lowest BCUT2D eigenvalue weighted by Gasteiger charge is -2.28. The summed E-state index contributed by atoms with van der Waals surface area (Å²) < 4.78 is 0. The molecule has 0 aromatic heterocycles. The highest BCUT2D eigenvalue weighted by Crippen LogP contribution is 2.40. The fourth-order valence-electron chi connectivity index (χ4n) is 3.78. The zero-order valence-corrected chi connectivity index (χ0v) is 17.7. The second kappa shape index (κ2) is 9.13. The highest BCUT2D eigenvalue weighted by Gasteiger charge is 2.36. The predicted molar refractivity (Wildman–Crippen MR) is 113 cm³/mol. The molecule has 3 atom stereocenters. The van der Waals surface area contributed by atoms with Gasteiger partial charge in [-0.25, -0.2) is 0 Å². The molecule has 0 aliphatic heterocycles. The van der Waals surface area contributed by atoms with Crippen molar-refractivity contribution < 1.29 is 14.7 Å². The van der Waals surface area contributed by atoms with Crippen molar-refractivity contribution in [2.45, 2.75) is 24.6 Å². The van der Waals surface area contributed by atoms with Gasteiger partial charge in [-0.05, 0) is 35.9 Å². The van der Waals surface area contributed by atoms with Gasteiger partial charge in [0.05, 0.1) is 18.7 Å². The van der Waals surface area contributed by atoms with Gasteiger partial charge < -0.3 is 15.7 Å². The van der Waals surface area contributed by atoms with Crippen molar-refractivity contribution in [3.05, 3.63) is 69.2 Å². The van der Waals surface area contributed by atoms with Crippen LogP contribution in [0.4, 0.5) is 0 Å². The molecule has 3 N–H and O–H groups in total. The van der Waals surface area contributed by atoms with Crippen molar-refractivity contribution >= 4 is 35.0 Å². The van der Waals surface area contributed by atoms with Crippen molar-refractivity contribution in [1.82, 2.24) is 15.5 Å². The minimum absolute atomic E-state index is 0.00831. The largest absolute Gasteiger partial charge is 0.391 e. The van der Waals surface area contributed by atoms with Crippen LogP contribution in [0.1, 0.15) is 28.8 Å². The van der Waals surface area contributed by atoms with Crippen molar-refractivity contribution in [3.8, 4) is 0 Å². The van der Waals surface area contributed by atoms with Crippen LogP contribution in [0, 0.1) is 0 Å². The summed E-state index contributed by atoms with van der Waals surface area (Å²) in [6.45, 7) is -0.00831. The molecule has 3 unspecified atom stereocenters. The number of amides is 2. The van der Waals surface area contributed by atoms with E-state index >= 15 is 0 Å². The summed E-state index contributed by atoms with van der Waals surface area (Å²) in [5, 5.41) is 16.9. The number of nitrogens with zero attached hydrogens (tertiary/aromatic N) is 1. The van der Waals surface area contributed by atoms with Crippen LogP contribution in [-0.4, -0.2) is 48.6 Å². The first-order chi connectivity index (χ1) is 13.8. The summed E-state index contributed by atoms with van der Waals surface area (Å²) in [5.74, 6) is -0.643. The van der Waals surface area contributed by atoms with E-state index in [9.17, 15) is 14.7 Å². The lowest BCUT2D eigenvalue weighted by atomic mass is 10.1. The molecule has 0 spiro atoms. The molecule has 29 heavy (non-hydrogen) atoms. The lowest BCUT2D eigenvalue weighted by Crippen LogP contribution is -2.44. The first-order valence-corrected chi connectivity index (χ1v) is 9.99. The number of carbonyl (C=O) groups is 2. The summed E-state index contributed by atoms with van der Waals surface area (Å²) in [5.41, 5.74) is 2.34. The molecular weight excluding hydrogens is 413 g/mol. The molecule has 2 aromatic rings. The smallest absolute Gasteiger partial charge is 0.246 e. The Balaban J connectivity index is 1.75. The van der Waals surface area contributed by atoms with E-state index in [1.54, 1.807) is 36.2 Å². The van der Waals surface area contributed by atoms with Crippen LogP contribution >= 0.6 is 23.2 Å². The third-order valence-electron chi connectivity index (χ3n) is 5.11. The van der Waals surface area contributed by atoms with Crippen LogP contribution in [0.15, 0.2) is 42.5 Å². The summed E-state index contributed by atoms with van der Waals surface area (Å²) in [7, 11) is 3.27.